The standard InChI is InChI=1S/C10H8BrClN2.ClH/c11-10-7(4-6-14-10)9(12)8-3-1-2-5-13-8;/h1-6,9,14H;1H. The smallest absolute Gasteiger partial charge is 0.103 e. The van der Waals surface area contributed by atoms with E-state index in [1.807, 2.05) is 30.5 Å². The quantitative estimate of drug-likeness (QED) is 0.837. The van der Waals surface area contributed by atoms with Crippen LogP contribution in [0.3, 0.4) is 0 Å². The Morgan fingerprint density at radius 2 is 2.13 bits per heavy atom. The first-order valence-electron chi connectivity index (χ1n) is 4.17. The molecule has 0 spiro atoms. The van der Waals surface area contributed by atoms with Crippen molar-refractivity contribution >= 4 is 39.9 Å². The molecule has 0 saturated heterocycles. The third-order valence-corrected chi connectivity index (χ3v) is 3.09. The Morgan fingerprint density at radius 1 is 1.33 bits per heavy atom. The molecule has 0 aliphatic rings. The molecule has 0 aromatic carbocycles. The van der Waals surface area contributed by atoms with Crippen molar-refractivity contribution < 1.29 is 0 Å². The van der Waals surface area contributed by atoms with E-state index in [1.54, 1.807) is 6.20 Å². The molecule has 0 bridgehead atoms. The van der Waals surface area contributed by atoms with Gasteiger partial charge in [0.05, 0.1) is 10.3 Å². The first-order valence-corrected chi connectivity index (χ1v) is 5.40. The molecule has 80 valence electrons. The molecule has 1 N–H and O–H groups in total. The fourth-order valence-corrected chi connectivity index (χ4v) is 2.18. The van der Waals surface area contributed by atoms with E-state index in [0.29, 0.717) is 0 Å². The molecule has 2 rings (SSSR count). The minimum absolute atomic E-state index is 0. The fourth-order valence-electron chi connectivity index (χ4n) is 1.24. The van der Waals surface area contributed by atoms with Crippen LogP contribution in [0.15, 0.2) is 41.3 Å². The number of hydrogen-bond acceptors (Lipinski definition) is 1. The molecule has 2 aromatic heterocycles. The van der Waals surface area contributed by atoms with Crippen LogP contribution in [0.2, 0.25) is 0 Å². The number of nitrogens with zero attached hydrogens (tertiary/aromatic N) is 1. The molecule has 1 unspecified atom stereocenters. The molecule has 0 aliphatic carbocycles. The summed E-state index contributed by atoms with van der Waals surface area (Å²) in [5.74, 6) is 0. The molecule has 0 saturated carbocycles. The summed E-state index contributed by atoms with van der Waals surface area (Å²) < 4.78 is 0.906. The molecule has 0 radical (unpaired) electrons. The summed E-state index contributed by atoms with van der Waals surface area (Å²) >= 11 is 9.66. The Hall–Kier alpha value is -0.510. The second kappa shape index (κ2) is 5.54. The summed E-state index contributed by atoms with van der Waals surface area (Å²) in [6, 6.07) is 7.66. The topological polar surface area (TPSA) is 28.7 Å². The van der Waals surface area contributed by atoms with E-state index in [4.69, 9.17) is 11.6 Å². The predicted octanol–water partition coefficient (Wildman–Crippen LogP) is 3.92. The van der Waals surface area contributed by atoms with Crippen LogP contribution in [0, 0.1) is 0 Å². The van der Waals surface area contributed by atoms with Gasteiger partial charge in [-0.1, -0.05) is 6.07 Å². The largest absolute Gasteiger partial charge is 0.356 e. The fraction of sp³-hybridized carbons (Fsp3) is 0.100. The number of hydrogen-bond donors (Lipinski definition) is 1. The van der Waals surface area contributed by atoms with Gasteiger partial charge in [0.1, 0.15) is 5.38 Å². The summed E-state index contributed by atoms with van der Waals surface area (Å²) in [6.07, 6.45) is 3.59. The first-order chi connectivity index (χ1) is 6.79. The van der Waals surface area contributed by atoms with Crippen molar-refractivity contribution in [3.8, 4) is 0 Å². The zero-order valence-corrected chi connectivity index (χ0v) is 10.8. The van der Waals surface area contributed by atoms with Crippen LogP contribution in [0.4, 0.5) is 0 Å². The van der Waals surface area contributed by atoms with Gasteiger partial charge in [-0.25, -0.2) is 0 Å². The van der Waals surface area contributed by atoms with Crippen LogP contribution in [0.5, 0.6) is 0 Å². The Kier molecular flexibility index (Phi) is 4.64. The average Bonchev–Trinajstić information content (AvgIpc) is 2.65. The molecular weight excluding hydrogens is 299 g/mol. The van der Waals surface area contributed by atoms with Crippen molar-refractivity contribution in [2.24, 2.45) is 0 Å². The monoisotopic (exact) mass is 306 g/mol. The minimum atomic E-state index is -0.211. The maximum atomic E-state index is 6.27. The van der Waals surface area contributed by atoms with E-state index in [9.17, 15) is 0 Å². The molecule has 2 aromatic rings. The Morgan fingerprint density at radius 3 is 2.67 bits per heavy atom. The third-order valence-electron chi connectivity index (χ3n) is 1.95. The molecule has 0 aliphatic heterocycles. The third kappa shape index (κ3) is 2.74. The molecular formula is C10H9BrCl2N2. The van der Waals surface area contributed by atoms with Gasteiger partial charge in [-0.05, 0) is 34.1 Å². The number of nitrogens with one attached hydrogen (secondary N) is 1. The highest BCUT2D eigenvalue weighted by atomic mass is 79.9. The van der Waals surface area contributed by atoms with Crippen LogP contribution in [-0.4, -0.2) is 9.97 Å². The van der Waals surface area contributed by atoms with Crippen LogP contribution < -0.4 is 0 Å². The maximum absolute atomic E-state index is 6.27. The summed E-state index contributed by atoms with van der Waals surface area (Å²) in [6.45, 7) is 0. The minimum Gasteiger partial charge on any atom is -0.356 e. The van der Waals surface area contributed by atoms with Gasteiger partial charge in [0.15, 0.2) is 0 Å². The highest BCUT2D eigenvalue weighted by molar-refractivity contribution is 9.10. The van der Waals surface area contributed by atoms with Gasteiger partial charge in [-0.3, -0.25) is 4.98 Å². The van der Waals surface area contributed by atoms with Crippen LogP contribution in [0.1, 0.15) is 16.6 Å². The van der Waals surface area contributed by atoms with E-state index in [-0.39, 0.29) is 17.8 Å². The lowest BCUT2D eigenvalue weighted by Gasteiger charge is -2.06. The Bertz CT molecular complexity index is 416. The number of rotatable bonds is 2. The summed E-state index contributed by atoms with van der Waals surface area (Å²) in [5, 5.41) is -0.211. The maximum Gasteiger partial charge on any atom is 0.103 e. The van der Waals surface area contributed by atoms with Gasteiger partial charge in [-0.2, -0.15) is 0 Å². The Labute approximate surface area is 108 Å². The average molecular weight is 308 g/mol. The van der Waals surface area contributed by atoms with E-state index in [0.717, 1.165) is 15.9 Å². The highest BCUT2D eigenvalue weighted by Crippen LogP contribution is 2.31. The van der Waals surface area contributed by atoms with E-state index < -0.39 is 0 Å². The van der Waals surface area contributed by atoms with Crippen molar-refractivity contribution in [1.82, 2.24) is 9.97 Å². The van der Waals surface area contributed by atoms with Crippen molar-refractivity contribution in [2.45, 2.75) is 5.38 Å². The highest BCUT2D eigenvalue weighted by Gasteiger charge is 2.15. The Balaban J connectivity index is 0.00000112. The van der Waals surface area contributed by atoms with Gasteiger partial charge in [0, 0.05) is 18.0 Å². The zero-order chi connectivity index (χ0) is 9.97. The van der Waals surface area contributed by atoms with Gasteiger partial charge in [0.25, 0.3) is 0 Å². The number of pyridine rings is 1. The number of halogens is 3. The van der Waals surface area contributed by atoms with E-state index >= 15 is 0 Å². The molecule has 5 heteroatoms. The molecule has 0 fully saturated rings. The number of H-pyrrole nitrogens is 1. The SMILES string of the molecule is Cl.ClC(c1ccccn1)c1cc[nH]c1Br. The lowest BCUT2D eigenvalue weighted by Crippen LogP contribution is -1.94. The lowest BCUT2D eigenvalue weighted by atomic mass is 10.2. The van der Waals surface area contributed by atoms with E-state index in [1.165, 1.54) is 0 Å². The second-order valence-electron chi connectivity index (χ2n) is 2.86. The van der Waals surface area contributed by atoms with Gasteiger partial charge in [-0.15, -0.1) is 24.0 Å². The lowest BCUT2D eigenvalue weighted by molar-refractivity contribution is 1.03. The van der Waals surface area contributed by atoms with Crippen molar-refractivity contribution in [3.63, 3.8) is 0 Å². The first kappa shape index (κ1) is 12.6. The second-order valence-corrected chi connectivity index (χ2v) is 4.09. The number of aromatic amines is 1. The van der Waals surface area contributed by atoms with Gasteiger partial charge >= 0.3 is 0 Å². The summed E-state index contributed by atoms with van der Waals surface area (Å²) in [4.78, 5) is 7.23. The van der Waals surface area contributed by atoms with Crippen molar-refractivity contribution in [1.29, 1.82) is 0 Å². The van der Waals surface area contributed by atoms with Crippen molar-refractivity contribution in [2.75, 3.05) is 0 Å². The molecule has 0 amide bonds. The van der Waals surface area contributed by atoms with Gasteiger partial charge in [0.2, 0.25) is 0 Å². The number of alkyl halides is 1. The van der Waals surface area contributed by atoms with Crippen LogP contribution in [-0.2, 0) is 0 Å². The number of aromatic nitrogens is 2. The molecule has 1 atom stereocenters. The molecule has 15 heavy (non-hydrogen) atoms. The molecule has 2 heterocycles. The van der Waals surface area contributed by atoms with Gasteiger partial charge < -0.3 is 4.98 Å². The van der Waals surface area contributed by atoms with Crippen LogP contribution in [0.25, 0.3) is 0 Å². The molecule has 2 nitrogen and oxygen atoms in total. The predicted molar refractivity (Wildman–Crippen MR) is 67.7 cm³/mol. The van der Waals surface area contributed by atoms with E-state index in [2.05, 4.69) is 25.9 Å². The summed E-state index contributed by atoms with van der Waals surface area (Å²) in [5.41, 5.74) is 1.86. The zero-order valence-electron chi connectivity index (χ0n) is 7.65. The van der Waals surface area contributed by atoms with Crippen LogP contribution >= 0.6 is 39.9 Å². The van der Waals surface area contributed by atoms with Crippen molar-refractivity contribution in [3.05, 3.63) is 52.5 Å². The normalized spacial score (nSPS) is 11.9. The summed E-state index contributed by atoms with van der Waals surface area (Å²) in [7, 11) is 0.